The van der Waals surface area contributed by atoms with Crippen molar-refractivity contribution < 1.29 is 9.53 Å². The number of carbonyl (C=O) groups excluding carboxylic acids is 1. The Morgan fingerprint density at radius 2 is 2.00 bits per heavy atom. The van der Waals surface area contributed by atoms with Gasteiger partial charge in [-0.05, 0) is 37.3 Å². The zero-order valence-electron chi connectivity index (χ0n) is 12.3. The van der Waals surface area contributed by atoms with Crippen LogP contribution in [0.25, 0.3) is 0 Å². The lowest BCUT2D eigenvalue weighted by atomic mass is 10.2. The second kappa shape index (κ2) is 8.86. The molecule has 0 aliphatic carbocycles. The molecule has 0 atom stereocenters. The largest absolute Gasteiger partial charge is 0.493 e. The van der Waals surface area contributed by atoms with Crippen molar-refractivity contribution in [1.82, 2.24) is 0 Å². The van der Waals surface area contributed by atoms with Crippen molar-refractivity contribution in [1.29, 1.82) is 0 Å². The quantitative estimate of drug-likeness (QED) is 0.719. The highest BCUT2D eigenvalue weighted by Gasteiger charge is 2.02. The summed E-state index contributed by atoms with van der Waals surface area (Å²) in [7, 11) is 0. The summed E-state index contributed by atoms with van der Waals surface area (Å²) in [5, 5.41) is 2.88. The standard InChI is InChI=1S/C17H18BrNO2S/c1-13-5-7-15(8-6-13)19-17(20)12-22-10-9-21-16-4-2-3-14(18)11-16/h2-8,11H,9-10,12H2,1H3,(H,19,20). The van der Waals surface area contributed by atoms with Gasteiger partial charge in [-0.15, -0.1) is 11.8 Å². The molecule has 0 heterocycles. The van der Waals surface area contributed by atoms with Gasteiger partial charge in [0.05, 0.1) is 12.4 Å². The maximum Gasteiger partial charge on any atom is 0.234 e. The van der Waals surface area contributed by atoms with E-state index in [0.29, 0.717) is 12.4 Å². The lowest BCUT2D eigenvalue weighted by Gasteiger charge is -2.07. The maximum absolute atomic E-state index is 11.8. The lowest BCUT2D eigenvalue weighted by Crippen LogP contribution is -2.15. The van der Waals surface area contributed by atoms with Crippen LogP contribution in [0, 0.1) is 6.92 Å². The first-order valence-corrected chi connectivity index (χ1v) is 8.91. The van der Waals surface area contributed by atoms with E-state index in [-0.39, 0.29) is 5.91 Å². The van der Waals surface area contributed by atoms with Crippen molar-refractivity contribution >= 4 is 39.3 Å². The second-order valence-corrected chi connectivity index (χ2v) is 6.79. The minimum atomic E-state index is 0.0105. The lowest BCUT2D eigenvalue weighted by molar-refractivity contribution is -0.113. The average molecular weight is 380 g/mol. The van der Waals surface area contributed by atoms with Gasteiger partial charge in [-0.3, -0.25) is 4.79 Å². The number of anilines is 1. The van der Waals surface area contributed by atoms with Crippen LogP contribution in [0.3, 0.4) is 0 Å². The summed E-state index contributed by atoms with van der Waals surface area (Å²) >= 11 is 4.96. The molecule has 0 saturated heterocycles. The van der Waals surface area contributed by atoms with Crippen LogP contribution < -0.4 is 10.1 Å². The summed E-state index contributed by atoms with van der Waals surface area (Å²) in [5.41, 5.74) is 2.01. The van der Waals surface area contributed by atoms with E-state index in [1.54, 1.807) is 11.8 Å². The van der Waals surface area contributed by atoms with Crippen LogP contribution in [-0.2, 0) is 4.79 Å². The predicted octanol–water partition coefficient (Wildman–Crippen LogP) is 4.51. The molecule has 22 heavy (non-hydrogen) atoms. The molecule has 0 aromatic heterocycles. The van der Waals surface area contributed by atoms with Crippen molar-refractivity contribution in [3.05, 3.63) is 58.6 Å². The van der Waals surface area contributed by atoms with Crippen molar-refractivity contribution in [3.63, 3.8) is 0 Å². The van der Waals surface area contributed by atoms with Gasteiger partial charge in [0.25, 0.3) is 0 Å². The number of rotatable bonds is 7. The predicted molar refractivity (Wildman–Crippen MR) is 96.8 cm³/mol. The zero-order valence-corrected chi connectivity index (χ0v) is 14.7. The number of hydrogen-bond donors (Lipinski definition) is 1. The fourth-order valence-electron chi connectivity index (χ4n) is 1.77. The second-order valence-electron chi connectivity index (χ2n) is 4.77. The fourth-order valence-corrected chi connectivity index (χ4v) is 2.76. The molecule has 0 aliphatic heterocycles. The molecule has 1 amide bonds. The van der Waals surface area contributed by atoms with Crippen molar-refractivity contribution in [3.8, 4) is 5.75 Å². The molecular formula is C17H18BrNO2S. The minimum absolute atomic E-state index is 0.0105. The van der Waals surface area contributed by atoms with Crippen LogP contribution in [0.5, 0.6) is 5.75 Å². The molecule has 0 fully saturated rings. The van der Waals surface area contributed by atoms with Crippen molar-refractivity contribution in [2.75, 3.05) is 23.4 Å². The zero-order chi connectivity index (χ0) is 15.8. The Labute approximate surface area is 143 Å². The number of carbonyl (C=O) groups is 1. The molecular weight excluding hydrogens is 362 g/mol. The van der Waals surface area contributed by atoms with Crippen LogP contribution >= 0.6 is 27.7 Å². The van der Waals surface area contributed by atoms with Crippen LogP contribution in [0.1, 0.15) is 5.56 Å². The van der Waals surface area contributed by atoms with Crippen LogP contribution in [-0.4, -0.2) is 24.0 Å². The number of hydrogen-bond acceptors (Lipinski definition) is 3. The number of benzene rings is 2. The summed E-state index contributed by atoms with van der Waals surface area (Å²) in [5.74, 6) is 2.04. The van der Waals surface area contributed by atoms with Gasteiger partial charge in [-0.25, -0.2) is 0 Å². The first kappa shape index (κ1) is 16.9. The van der Waals surface area contributed by atoms with Gasteiger partial charge in [-0.2, -0.15) is 0 Å². The Bertz CT molecular complexity index is 616. The SMILES string of the molecule is Cc1ccc(NC(=O)CSCCOc2cccc(Br)c2)cc1. The number of aryl methyl sites for hydroxylation is 1. The molecule has 5 heteroatoms. The molecule has 2 aromatic carbocycles. The Hall–Kier alpha value is -1.46. The van der Waals surface area contributed by atoms with Gasteiger partial charge in [0.1, 0.15) is 5.75 Å². The number of thioether (sulfide) groups is 1. The highest BCUT2D eigenvalue weighted by molar-refractivity contribution is 9.10. The fraction of sp³-hybridized carbons (Fsp3) is 0.235. The monoisotopic (exact) mass is 379 g/mol. The molecule has 3 nitrogen and oxygen atoms in total. The molecule has 0 unspecified atom stereocenters. The van der Waals surface area contributed by atoms with E-state index in [1.807, 2.05) is 55.5 Å². The van der Waals surface area contributed by atoms with E-state index < -0.39 is 0 Å². The first-order chi connectivity index (χ1) is 10.6. The highest BCUT2D eigenvalue weighted by Crippen LogP contribution is 2.18. The molecule has 116 valence electrons. The Kier molecular flexibility index (Phi) is 6.80. The summed E-state index contributed by atoms with van der Waals surface area (Å²) in [6, 6.07) is 15.5. The highest BCUT2D eigenvalue weighted by atomic mass is 79.9. The van der Waals surface area contributed by atoms with E-state index in [4.69, 9.17) is 4.74 Å². The van der Waals surface area contributed by atoms with Crippen LogP contribution in [0.4, 0.5) is 5.69 Å². The average Bonchev–Trinajstić information content (AvgIpc) is 2.49. The summed E-state index contributed by atoms with van der Waals surface area (Å²) in [4.78, 5) is 11.8. The van der Waals surface area contributed by atoms with Crippen LogP contribution in [0.15, 0.2) is 53.0 Å². The van der Waals surface area contributed by atoms with E-state index in [2.05, 4.69) is 21.2 Å². The molecule has 2 aromatic rings. The summed E-state index contributed by atoms with van der Waals surface area (Å²) in [6.07, 6.45) is 0. The molecule has 0 bridgehead atoms. The van der Waals surface area contributed by atoms with Gasteiger partial charge in [0.2, 0.25) is 5.91 Å². The van der Waals surface area contributed by atoms with E-state index in [9.17, 15) is 4.79 Å². The van der Waals surface area contributed by atoms with Crippen LogP contribution in [0.2, 0.25) is 0 Å². The maximum atomic E-state index is 11.8. The third-order valence-electron chi connectivity index (χ3n) is 2.86. The first-order valence-electron chi connectivity index (χ1n) is 6.96. The van der Waals surface area contributed by atoms with E-state index in [1.165, 1.54) is 5.56 Å². The molecule has 2 rings (SSSR count). The Balaban J connectivity index is 1.62. The molecule has 0 spiro atoms. The third kappa shape index (κ3) is 6.12. The molecule has 0 aliphatic rings. The number of amides is 1. The van der Waals surface area contributed by atoms with Crippen molar-refractivity contribution in [2.45, 2.75) is 6.92 Å². The smallest absolute Gasteiger partial charge is 0.234 e. The van der Waals surface area contributed by atoms with Crippen molar-refractivity contribution in [2.24, 2.45) is 0 Å². The number of halogens is 1. The van der Waals surface area contributed by atoms with Gasteiger partial charge in [0.15, 0.2) is 0 Å². The number of nitrogens with one attached hydrogen (secondary N) is 1. The Morgan fingerprint density at radius 1 is 1.23 bits per heavy atom. The third-order valence-corrected chi connectivity index (χ3v) is 4.28. The molecule has 0 saturated carbocycles. The Morgan fingerprint density at radius 3 is 2.73 bits per heavy atom. The summed E-state index contributed by atoms with van der Waals surface area (Å²) < 4.78 is 6.61. The van der Waals surface area contributed by atoms with E-state index >= 15 is 0 Å². The molecule has 0 radical (unpaired) electrons. The normalized spacial score (nSPS) is 10.3. The summed E-state index contributed by atoms with van der Waals surface area (Å²) in [6.45, 7) is 2.60. The van der Waals surface area contributed by atoms with Gasteiger partial charge in [-0.1, -0.05) is 39.7 Å². The van der Waals surface area contributed by atoms with Gasteiger partial charge < -0.3 is 10.1 Å². The molecule has 1 N–H and O–H groups in total. The minimum Gasteiger partial charge on any atom is -0.493 e. The topological polar surface area (TPSA) is 38.3 Å². The van der Waals surface area contributed by atoms with Gasteiger partial charge >= 0.3 is 0 Å². The van der Waals surface area contributed by atoms with Gasteiger partial charge in [0, 0.05) is 15.9 Å². The number of ether oxygens (including phenoxy) is 1. The van der Waals surface area contributed by atoms with E-state index in [0.717, 1.165) is 21.7 Å².